The molecule has 0 aliphatic rings. The fourth-order valence-electron chi connectivity index (χ4n) is 2.38. The van der Waals surface area contributed by atoms with E-state index in [9.17, 15) is 0 Å². The van der Waals surface area contributed by atoms with E-state index in [1.807, 2.05) is 54.6 Å². The van der Waals surface area contributed by atoms with Crippen LogP contribution in [0.25, 0.3) is 33.6 Å². The minimum Gasteiger partial charge on any atom is -0.316 e. The maximum atomic E-state index is 5.10. The molecule has 2 aromatic carbocycles. The molecule has 4 heteroatoms. The SMILES string of the molecule is c1ccc(-c2cc3nnoc3nc2-c2ccccc2)cc1. The van der Waals surface area contributed by atoms with Crippen molar-refractivity contribution in [2.45, 2.75) is 0 Å². The molecule has 0 spiro atoms. The Balaban J connectivity index is 2.03. The van der Waals surface area contributed by atoms with Crippen molar-refractivity contribution < 1.29 is 4.52 Å². The lowest BCUT2D eigenvalue weighted by molar-refractivity contribution is 0.418. The summed E-state index contributed by atoms with van der Waals surface area (Å²) in [5.74, 6) is 0. The number of fused-ring (bicyclic) bond motifs is 1. The Morgan fingerprint density at radius 3 is 2.14 bits per heavy atom. The number of benzene rings is 2. The predicted molar refractivity (Wildman–Crippen MR) is 80.5 cm³/mol. The van der Waals surface area contributed by atoms with Crippen molar-refractivity contribution in [3.05, 3.63) is 66.7 Å². The molecule has 0 saturated heterocycles. The molecule has 0 radical (unpaired) electrons. The Morgan fingerprint density at radius 1 is 0.762 bits per heavy atom. The minimum absolute atomic E-state index is 0.452. The van der Waals surface area contributed by atoms with Gasteiger partial charge in [0.05, 0.1) is 5.69 Å². The van der Waals surface area contributed by atoms with E-state index >= 15 is 0 Å². The van der Waals surface area contributed by atoms with Crippen LogP contribution in [0.15, 0.2) is 71.3 Å². The van der Waals surface area contributed by atoms with Crippen LogP contribution in [0.5, 0.6) is 0 Å². The molecule has 0 atom stereocenters. The van der Waals surface area contributed by atoms with Gasteiger partial charge in [-0.1, -0.05) is 60.7 Å². The molecule has 4 aromatic rings. The van der Waals surface area contributed by atoms with E-state index in [4.69, 9.17) is 4.52 Å². The maximum absolute atomic E-state index is 5.10. The summed E-state index contributed by atoms with van der Waals surface area (Å²) < 4.78 is 5.10. The third kappa shape index (κ3) is 2.07. The largest absolute Gasteiger partial charge is 0.316 e. The number of nitrogens with zero attached hydrogens (tertiary/aromatic N) is 3. The highest BCUT2D eigenvalue weighted by Gasteiger charge is 2.13. The van der Waals surface area contributed by atoms with E-state index in [1.165, 1.54) is 0 Å². The predicted octanol–water partition coefficient (Wildman–Crippen LogP) is 3.95. The second-order valence-electron chi connectivity index (χ2n) is 4.71. The van der Waals surface area contributed by atoms with E-state index in [-0.39, 0.29) is 0 Å². The van der Waals surface area contributed by atoms with Gasteiger partial charge in [0, 0.05) is 16.4 Å². The van der Waals surface area contributed by atoms with Gasteiger partial charge in [0.25, 0.3) is 5.71 Å². The van der Waals surface area contributed by atoms with Crippen LogP contribution in [0, 0.1) is 0 Å². The van der Waals surface area contributed by atoms with Gasteiger partial charge in [-0.15, -0.1) is 5.10 Å². The highest BCUT2D eigenvalue weighted by Crippen LogP contribution is 2.32. The lowest BCUT2D eigenvalue weighted by Crippen LogP contribution is -1.90. The molecule has 2 aromatic heterocycles. The van der Waals surface area contributed by atoms with Gasteiger partial charge in [0.2, 0.25) is 0 Å². The summed E-state index contributed by atoms with van der Waals surface area (Å²) in [4.78, 5) is 4.59. The van der Waals surface area contributed by atoms with Crippen LogP contribution in [-0.2, 0) is 0 Å². The minimum atomic E-state index is 0.452. The topological polar surface area (TPSA) is 51.8 Å². The summed E-state index contributed by atoms with van der Waals surface area (Å²) in [6, 6.07) is 22.1. The van der Waals surface area contributed by atoms with Crippen LogP contribution in [0.4, 0.5) is 0 Å². The van der Waals surface area contributed by atoms with Crippen molar-refractivity contribution in [1.29, 1.82) is 0 Å². The van der Waals surface area contributed by atoms with E-state index in [0.717, 1.165) is 22.4 Å². The summed E-state index contributed by atoms with van der Waals surface area (Å²) in [6.07, 6.45) is 0. The fraction of sp³-hybridized carbons (Fsp3) is 0. The molecule has 0 bridgehead atoms. The highest BCUT2D eigenvalue weighted by atomic mass is 16.5. The van der Waals surface area contributed by atoms with E-state index in [2.05, 4.69) is 27.5 Å². The summed E-state index contributed by atoms with van der Waals surface area (Å²) in [6.45, 7) is 0. The van der Waals surface area contributed by atoms with Crippen LogP contribution in [-0.4, -0.2) is 15.4 Å². The normalized spacial score (nSPS) is 10.9. The molecule has 4 nitrogen and oxygen atoms in total. The van der Waals surface area contributed by atoms with Crippen LogP contribution >= 0.6 is 0 Å². The first kappa shape index (κ1) is 11.8. The van der Waals surface area contributed by atoms with Gasteiger partial charge in [0.15, 0.2) is 5.52 Å². The van der Waals surface area contributed by atoms with Crippen molar-refractivity contribution in [2.24, 2.45) is 0 Å². The Hall–Kier alpha value is -3.01. The molecule has 0 aliphatic carbocycles. The fourth-order valence-corrected chi connectivity index (χ4v) is 2.38. The van der Waals surface area contributed by atoms with Crippen molar-refractivity contribution >= 4 is 11.2 Å². The van der Waals surface area contributed by atoms with Gasteiger partial charge >= 0.3 is 0 Å². The third-order valence-electron chi connectivity index (χ3n) is 3.38. The average molecular weight is 273 g/mol. The lowest BCUT2D eigenvalue weighted by Gasteiger charge is -2.08. The molecule has 100 valence electrons. The van der Waals surface area contributed by atoms with E-state index in [0.29, 0.717) is 11.2 Å². The van der Waals surface area contributed by atoms with E-state index < -0.39 is 0 Å². The van der Waals surface area contributed by atoms with Gasteiger partial charge < -0.3 is 4.52 Å². The van der Waals surface area contributed by atoms with Crippen LogP contribution in [0.2, 0.25) is 0 Å². The summed E-state index contributed by atoms with van der Waals surface area (Å²) in [5.41, 5.74) is 5.13. The Kier molecular flexibility index (Phi) is 2.71. The van der Waals surface area contributed by atoms with Gasteiger partial charge in [-0.05, 0) is 11.6 Å². The number of rotatable bonds is 2. The Labute approximate surface area is 121 Å². The maximum Gasteiger partial charge on any atom is 0.279 e. The molecule has 4 rings (SSSR count). The molecule has 2 heterocycles. The second kappa shape index (κ2) is 4.83. The average Bonchev–Trinajstić information content (AvgIpc) is 3.03. The Morgan fingerprint density at radius 2 is 1.43 bits per heavy atom. The zero-order chi connectivity index (χ0) is 14.1. The first-order chi connectivity index (χ1) is 10.4. The van der Waals surface area contributed by atoms with Gasteiger partial charge in [-0.3, -0.25) is 0 Å². The Bertz CT molecular complexity index is 812. The quantitative estimate of drug-likeness (QED) is 0.555. The smallest absolute Gasteiger partial charge is 0.279 e. The van der Waals surface area contributed by atoms with Crippen LogP contribution < -0.4 is 0 Å². The number of aromatic nitrogens is 3. The van der Waals surface area contributed by atoms with Crippen molar-refractivity contribution in [3.8, 4) is 22.4 Å². The molecular weight excluding hydrogens is 262 g/mol. The molecule has 21 heavy (non-hydrogen) atoms. The van der Waals surface area contributed by atoms with E-state index in [1.54, 1.807) is 0 Å². The standard InChI is InChI=1S/C17H11N3O/c1-3-7-12(8-4-1)14-11-15-17(21-20-19-15)18-16(14)13-9-5-2-6-10-13/h1-11H. The first-order valence-electron chi connectivity index (χ1n) is 6.66. The zero-order valence-electron chi connectivity index (χ0n) is 11.1. The number of hydrogen-bond acceptors (Lipinski definition) is 4. The highest BCUT2D eigenvalue weighted by molar-refractivity contribution is 5.87. The number of pyridine rings is 1. The summed E-state index contributed by atoms with van der Waals surface area (Å²) in [5, 5.41) is 7.54. The molecule has 0 unspecified atom stereocenters. The number of hydrogen-bond donors (Lipinski definition) is 0. The van der Waals surface area contributed by atoms with Crippen LogP contribution in [0.1, 0.15) is 0 Å². The summed E-state index contributed by atoms with van der Waals surface area (Å²) >= 11 is 0. The molecule has 0 N–H and O–H groups in total. The molecule has 0 fully saturated rings. The molecular formula is C17H11N3O. The van der Waals surface area contributed by atoms with Gasteiger partial charge in [0.1, 0.15) is 0 Å². The van der Waals surface area contributed by atoms with Crippen molar-refractivity contribution in [1.82, 2.24) is 15.4 Å². The first-order valence-corrected chi connectivity index (χ1v) is 6.66. The molecule has 0 aliphatic heterocycles. The van der Waals surface area contributed by atoms with Crippen molar-refractivity contribution in [3.63, 3.8) is 0 Å². The summed E-state index contributed by atoms with van der Waals surface area (Å²) in [7, 11) is 0. The zero-order valence-corrected chi connectivity index (χ0v) is 11.1. The monoisotopic (exact) mass is 273 g/mol. The third-order valence-corrected chi connectivity index (χ3v) is 3.38. The molecule has 0 amide bonds. The van der Waals surface area contributed by atoms with Gasteiger partial charge in [-0.2, -0.15) is 0 Å². The lowest BCUT2D eigenvalue weighted by atomic mass is 9.99. The van der Waals surface area contributed by atoms with Gasteiger partial charge in [-0.25, -0.2) is 4.98 Å². The van der Waals surface area contributed by atoms with Crippen molar-refractivity contribution in [2.75, 3.05) is 0 Å². The second-order valence-corrected chi connectivity index (χ2v) is 4.71. The van der Waals surface area contributed by atoms with Crippen LogP contribution in [0.3, 0.4) is 0 Å². The molecule has 0 saturated carbocycles.